The van der Waals surface area contributed by atoms with Crippen LogP contribution in [0.2, 0.25) is 0 Å². The van der Waals surface area contributed by atoms with Crippen LogP contribution in [0.3, 0.4) is 0 Å². The molecular weight excluding hydrogens is 318 g/mol. The fourth-order valence-electron chi connectivity index (χ4n) is 3.03. The van der Waals surface area contributed by atoms with Crippen LogP contribution in [-0.4, -0.2) is 38.5 Å². The van der Waals surface area contributed by atoms with Crippen LogP contribution in [0, 0.1) is 0 Å². The molecule has 112 valence electrons. The van der Waals surface area contributed by atoms with Gasteiger partial charge in [-0.05, 0) is 32.0 Å². The first-order chi connectivity index (χ1) is 9.72. The summed E-state index contributed by atoms with van der Waals surface area (Å²) in [5.74, 6) is 0. The highest BCUT2D eigenvalue weighted by Crippen LogP contribution is 2.32. The molecule has 1 unspecified atom stereocenters. The predicted molar refractivity (Wildman–Crippen MR) is 85.1 cm³/mol. The quantitative estimate of drug-likeness (QED) is 0.861. The molecular formula is C16H24BrNO2. The first-order valence-corrected chi connectivity index (χ1v) is 8.13. The molecule has 1 fully saturated rings. The first-order valence-electron chi connectivity index (χ1n) is 7.34. The van der Waals surface area contributed by atoms with Gasteiger partial charge in [0.25, 0.3) is 0 Å². The lowest BCUT2D eigenvalue weighted by atomic mass is 9.82. The lowest BCUT2D eigenvalue weighted by Crippen LogP contribution is -2.55. The second-order valence-corrected chi connectivity index (χ2v) is 6.10. The number of hydrogen-bond acceptors (Lipinski definition) is 3. The van der Waals surface area contributed by atoms with Gasteiger partial charge in [0, 0.05) is 43.2 Å². The molecule has 1 aliphatic heterocycles. The molecule has 0 saturated carbocycles. The van der Waals surface area contributed by atoms with E-state index in [-0.39, 0.29) is 5.60 Å². The first kappa shape index (κ1) is 16.0. The Bertz CT molecular complexity index is 413. The Hall–Kier alpha value is -0.420. The zero-order valence-electron chi connectivity index (χ0n) is 12.3. The van der Waals surface area contributed by atoms with E-state index in [9.17, 15) is 0 Å². The summed E-state index contributed by atoms with van der Waals surface area (Å²) < 4.78 is 12.9. The summed E-state index contributed by atoms with van der Waals surface area (Å²) >= 11 is 3.64. The summed E-state index contributed by atoms with van der Waals surface area (Å²) in [6, 6.07) is 8.70. The average molecular weight is 342 g/mol. The third kappa shape index (κ3) is 3.61. The topological polar surface area (TPSA) is 30.5 Å². The van der Waals surface area contributed by atoms with Crippen LogP contribution < -0.4 is 5.32 Å². The van der Waals surface area contributed by atoms with Crippen molar-refractivity contribution in [2.45, 2.75) is 37.8 Å². The van der Waals surface area contributed by atoms with Crippen molar-refractivity contribution in [1.29, 1.82) is 0 Å². The van der Waals surface area contributed by atoms with Crippen LogP contribution in [0.4, 0.5) is 0 Å². The van der Waals surface area contributed by atoms with Gasteiger partial charge in [-0.1, -0.05) is 34.1 Å². The van der Waals surface area contributed by atoms with Gasteiger partial charge >= 0.3 is 0 Å². The Labute approximate surface area is 130 Å². The fraction of sp³-hybridized carbons (Fsp3) is 0.625. The van der Waals surface area contributed by atoms with Gasteiger partial charge in [0.15, 0.2) is 0 Å². The molecule has 3 nitrogen and oxygen atoms in total. The second kappa shape index (κ2) is 7.55. The van der Waals surface area contributed by atoms with E-state index in [1.807, 2.05) is 7.05 Å². The molecule has 1 aliphatic rings. The lowest BCUT2D eigenvalue weighted by molar-refractivity contribution is -0.125. The Kier molecular flexibility index (Phi) is 6.02. The van der Waals surface area contributed by atoms with Crippen molar-refractivity contribution in [2.75, 3.05) is 26.9 Å². The molecule has 0 bridgehead atoms. The van der Waals surface area contributed by atoms with Crippen LogP contribution in [-0.2, 0) is 15.9 Å². The van der Waals surface area contributed by atoms with Gasteiger partial charge in [0.05, 0.1) is 5.60 Å². The van der Waals surface area contributed by atoms with Crippen molar-refractivity contribution in [2.24, 2.45) is 0 Å². The summed E-state index contributed by atoms with van der Waals surface area (Å²) in [6.07, 6.45) is 2.87. The van der Waals surface area contributed by atoms with Gasteiger partial charge in [0.2, 0.25) is 0 Å². The van der Waals surface area contributed by atoms with Crippen LogP contribution in [0.1, 0.15) is 25.3 Å². The van der Waals surface area contributed by atoms with Gasteiger partial charge < -0.3 is 14.8 Å². The molecule has 20 heavy (non-hydrogen) atoms. The summed E-state index contributed by atoms with van der Waals surface area (Å²) in [5.41, 5.74) is 1.20. The minimum atomic E-state index is -0.114. The smallest absolute Gasteiger partial charge is 0.0881 e. The molecule has 0 aromatic heterocycles. The number of hydrogen-bond donors (Lipinski definition) is 1. The predicted octanol–water partition coefficient (Wildman–Crippen LogP) is 3.17. The van der Waals surface area contributed by atoms with Crippen molar-refractivity contribution in [3.8, 4) is 0 Å². The van der Waals surface area contributed by atoms with Crippen molar-refractivity contribution in [3.63, 3.8) is 0 Å². The molecule has 1 heterocycles. The number of rotatable bonds is 6. The molecule has 0 radical (unpaired) electrons. The van der Waals surface area contributed by atoms with E-state index < -0.39 is 0 Å². The second-order valence-electron chi connectivity index (χ2n) is 5.25. The number of halogens is 1. The van der Waals surface area contributed by atoms with Crippen molar-refractivity contribution in [3.05, 3.63) is 34.3 Å². The molecule has 1 N–H and O–H groups in total. The zero-order valence-corrected chi connectivity index (χ0v) is 13.9. The Morgan fingerprint density at radius 3 is 2.65 bits per heavy atom. The van der Waals surface area contributed by atoms with Crippen molar-refractivity contribution >= 4 is 15.9 Å². The number of likely N-dealkylation sites (N-methyl/N-ethyl adjacent to an activating group) is 1. The Morgan fingerprint density at radius 1 is 1.35 bits per heavy atom. The monoisotopic (exact) mass is 341 g/mol. The van der Waals surface area contributed by atoms with Crippen LogP contribution in [0.5, 0.6) is 0 Å². The minimum absolute atomic E-state index is 0.114. The Balaban J connectivity index is 2.18. The fourth-order valence-corrected chi connectivity index (χ4v) is 3.48. The molecule has 1 aromatic rings. The summed E-state index contributed by atoms with van der Waals surface area (Å²) in [4.78, 5) is 0. The van der Waals surface area contributed by atoms with Gasteiger partial charge in [-0.3, -0.25) is 0 Å². The molecule has 1 atom stereocenters. The molecule has 1 saturated heterocycles. The number of ether oxygens (including phenoxy) is 2. The van der Waals surface area contributed by atoms with Gasteiger partial charge in [-0.15, -0.1) is 0 Å². The van der Waals surface area contributed by atoms with E-state index in [1.54, 1.807) is 0 Å². The summed E-state index contributed by atoms with van der Waals surface area (Å²) in [7, 11) is 2.03. The minimum Gasteiger partial charge on any atom is -0.381 e. The van der Waals surface area contributed by atoms with Gasteiger partial charge in [-0.2, -0.15) is 0 Å². The van der Waals surface area contributed by atoms with Crippen LogP contribution >= 0.6 is 15.9 Å². The lowest BCUT2D eigenvalue weighted by Gasteiger charge is -2.43. The maximum atomic E-state index is 6.18. The highest BCUT2D eigenvalue weighted by atomic mass is 79.9. The number of benzene rings is 1. The SMILES string of the molecule is CCOC1(C(Cc2ccccc2Br)NC)CCOCC1. The van der Waals surface area contributed by atoms with E-state index >= 15 is 0 Å². The van der Waals surface area contributed by atoms with Crippen LogP contribution in [0.15, 0.2) is 28.7 Å². The molecule has 1 aromatic carbocycles. The molecule has 0 spiro atoms. The highest BCUT2D eigenvalue weighted by molar-refractivity contribution is 9.10. The highest BCUT2D eigenvalue weighted by Gasteiger charge is 2.40. The van der Waals surface area contributed by atoms with E-state index in [2.05, 4.69) is 52.4 Å². The van der Waals surface area contributed by atoms with Gasteiger partial charge in [-0.25, -0.2) is 0 Å². The van der Waals surface area contributed by atoms with E-state index in [1.165, 1.54) is 10.0 Å². The van der Waals surface area contributed by atoms with Crippen molar-refractivity contribution < 1.29 is 9.47 Å². The zero-order chi connectivity index (χ0) is 14.4. The van der Waals surface area contributed by atoms with E-state index in [4.69, 9.17) is 9.47 Å². The molecule has 0 aliphatic carbocycles. The summed E-state index contributed by atoms with van der Waals surface area (Å²) in [5, 5.41) is 3.47. The standard InChI is InChI=1S/C16H24BrNO2/c1-3-20-16(8-10-19-11-9-16)15(18-2)12-13-6-4-5-7-14(13)17/h4-7,15,18H,3,8-12H2,1-2H3. The van der Waals surface area contributed by atoms with Crippen molar-refractivity contribution in [1.82, 2.24) is 5.32 Å². The maximum Gasteiger partial charge on any atom is 0.0881 e. The van der Waals surface area contributed by atoms with Crippen LogP contribution in [0.25, 0.3) is 0 Å². The molecule has 2 rings (SSSR count). The average Bonchev–Trinajstić information content (AvgIpc) is 2.47. The van der Waals surface area contributed by atoms with E-state index in [0.717, 1.165) is 39.1 Å². The third-order valence-corrected chi connectivity index (χ3v) is 4.91. The van der Waals surface area contributed by atoms with E-state index in [0.29, 0.717) is 6.04 Å². The molecule has 0 amide bonds. The largest absolute Gasteiger partial charge is 0.381 e. The Morgan fingerprint density at radius 2 is 2.05 bits per heavy atom. The number of nitrogens with one attached hydrogen (secondary N) is 1. The normalized spacial score (nSPS) is 19.8. The molecule has 4 heteroatoms. The van der Waals surface area contributed by atoms with Gasteiger partial charge in [0.1, 0.15) is 0 Å². The third-order valence-electron chi connectivity index (χ3n) is 4.14. The maximum absolute atomic E-state index is 6.18. The summed E-state index contributed by atoms with van der Waals surface area (Å²) in [6.45, 7) is 4.39.